The summed E-state index contributed by atoms with van der Waals surface area (Å²) in [4.78, 5) is 27.6. The minimum Gasteiger partial charge on any atom is -0.308 e. The molecule has 0 aliphatic rings. The van der Waals surface area contributed by atoms with E-state index >= 15 is 0 Å². The van der Waals surface area contributed by atoms with Crippen molar-refractivity contribution in [3.8, 4) is 0 Å². The van der Waals surface area contributed by atoms with Gasteiger partial charge in [-0.3, -0.25) is 9.36 Å². The highest BCUT2D eigenvalue weighted by Crippen LogP contribution is 2.09. The molecule has 0 fully saturated rings. The van der Waals surface area contributed by atoms with Crippen molar-refractivity contribution in [1.82, 2.24) is 24.4 Å². The van der Waals surface area contributed by atoms with Crippen molar-refractivity contribution in [1.29, 1.82) is 0 Å². The lowest BCUT2D eigenvalue weighted by Gasteiger charge is -2.14. The highest BCUT2D eigenvalue weighted by molar-refractivity contribution is 5.68. The minimum atomic E-state index is -0.0816. The molecule has 6 nitrogen and oxygen atoms in total. The lowest BCUT2D eigenvalue weighted by atomic mass is 10.1. The van der Waals surface area contributed by atoms with Gasteiger partial charge in [-0.15, -0.1) is 0 Å². The summed E-state index contributed by atoms with van der Waals surface area (Å²) >= 11 is 0. The van der Waals surface area contributed by atoms with Crippen LogP contribution in [0.4, 0.5) is 0 Å². The van der Waals surface area contributed by atoms with E-state index in [1.165, 1.54) is 6.33 Å². The molecule has 0 amide bonds. The summed E-state index contributed by atoms with van der Waals surface area (Å²) in [6, 6.07) is 9.88. The zero-order valence-corrected chi connectivity index (χ0v) is 13.3. The molecular formula is C17H19N5O. The molecule has 118 valence electrons. The quantitative estimate of drug-likeness (QED) is 0.711. The largest absolute Gasteiger partial charge is 0.308 e. The topological polar surface area (TPSA) is 63.9 Å². The van der Waals surface area contributed by atoms with E-state index in [4.69, 9.17) is 0 Å². The molecule has 1 aromatic carbocycles. The lowest BCUT2D eigenvalue weighted by molar-refractivity contribution is 0.383. The first kappa shape index (κ1) is 15.3. The molecule has 0 aliphatic heterocycles. The highest BCUT2D eigenvalue weighted by atomic mass is 16.1. The predicted molar refractivity (Wildman–Crippen MR) is 89.4 cm³/mol. The Morgan fingerprint density at radius 2 is 1.96 bits per heavy atom. The third-order valence-corrected chi connectivity index (χ3v) is 3.66. The Morgan fingerprint density at radius 3 is 2.70 bits per heavy atom. The van der Waals surface area contributed by atoms with Gasteiger partial charge in [0.1, 0.15) is 17.5 Å². The third kappa shape index (κ3) is 3.43. The van der Waals surface area contributed by atoms with Crippen molar-refractivity contribution in [2.24, 2.45) is 0 Å². The third-order valence-electron chi connectivity index (χ3n) is 3.66. The average molecular weight is 309 g/mol. The summed E-state index contributed by atoms with van der Waals surface area (Å²) in [6.45, 7) is 1.33. The Kier molecular flexibility index (Phi) is 4.43. The van der Waals surface area contributed by atoms with E-state index in [0.29, 0.717) is 29.8 Å². The van der Waals surface area contributed by atoms with Gasteiger partial charge < -0.3 is 4.90 Å². The van der Waals surface area contributed by atoms with Gasteiger partial charge in [0.05, 0.1) is 6.20 Å². The van der Waals surface area contributed by atoms with Crippen LogP contribution in [0.3, 0.4) is 0 Å². The van der Waals surface area contributed by atoms with Gasteiger partial charge in [0, 0.05) is 19.5 Å². The second-order valence-electron chi connectivity index (χ2n) is 5.71. The van der Waals surface area contributed by atoms with Gasteiger partial charge in [0.25, 0.3) is 5.56 Å². The Hall–Kier alpha value is -2.60. The van der Waals surface area contributed by atoms with Crippen LogP contribution in [0, 0.1) is 0 Å². The number of hydrogen-bond donors (Lipinski definition) is 0. The summed E-state index contributed by atoms with van der Waals surface area (Å²) in [5.41, 5.74) is 2.74. The molecular weight excluding hydrogens is 290 g/mol. The molecule has 0 unspecified atom stereocenters. The SMILES string of the molecule is CN(C)CCn1c(=O)c(Cc2ccccc2)nc2cncnc21. The Morgan fingerprint density at radius 1 is 1.17 bits per heavy atom. The van der Waals surface area contributed by atoms with Gasteiger partial charge in [-0.25, -0.2) is 15.0 Å². The molecule has 3 rings (SSSR count). The Labute approximate surface area is 134 Å². The molecule has 0 saturated carbocycles. The van der Waals surface area contributed by atoms with E-state index in [2.05, 4.69) is 15.0 Å². The standard InChI is InChI=1S/C17H19N5O/c1-21(2)8-9-22-16-15(11-18-12-19-16)20-14(17(22)23)10-13-6-4-3-5-7-13/h3-7,11-12H,8-10H2,1-2H3. The van der Waals surface area contributed by atoms with Gasteiger partial charge in [0.15, 0.2) is 5.65 Å². The molecule has 23 heavy (non-hydrogen) atoms. The predicted octanol–water partition coefficient (Wildman–Crippen LogP) is 1.34. The van der Waals surface area contributed by atoms with Crippen LogP contribution in [0.1, 0.15) is 11.3 Å². The normalized spacial score (nSPS) is 11.3. The molecule has 0 radical (unpaired) electrons. The van der Waals surface area contributed by atoms with Crippen LogP contribution in [-0.2, 0) is 13.0 Å². The number of aromatic nitrogens is 4. The lowest BCUT2D eigenvalue weighted by Crippen LogP contribution is -2.30. The van der Waals surface area contributed by atoms with Crippen molar-refractivity contribution in [2.75, 3.05) is 20.6 Å². The average Bonchev–Trinajstić information content (AvgIpc) is 2.56. The summed E-state index contributed by atoms with van der Waals surface area (Å²) in [5, 5.41) is 0. The van der Waals surface area contributed by atoms with Crippen molar-refractivity contribution < 1.29 is 0 Å². The van der Waals surface area contributed by atoms with Gasteiger partial charge in [0.2, 0.25) is 0 Å². The first-order valence-corrected chi connectivity index (χ1v) is 7.53. The molecule has 0 aliphatic carbocycles. The van der Waals surface area contributed by atoms with Crippen molar-refractivity contribution in [2.45, 2.75) is 13.0 Å². The fourth-order valence-electron chi connectivity index (χ4n) is 2.46. The fourth-order valence-corrected chi connectivity index (χ4v) is 2.46. The van der Waals surface area contributed by atoms with E-state index in [-0.39, 0.29) is 5.56 Å². The number of hydrogen-bond acceptors (Lipinski definition) is 5. The van der Waals surface area contributed by atoms with E-state index in [1.54, 1.807) is 10.8 Å². The van der Waals surface area contributed by atoms with Gasteiger partial charge in [-0.05, 0) is 19.7 Å². The van der Waals surface area contributed by atoms with Crippen LogP contribution in [0.2, 0.25) is 0 Å². The van der Waals surface area contributed by atoms with Crippen molar-refractivity contribution in [3.05, 3.63) is 64.5 Å². The maximum absolute atomic E-state index is 12.8. The second kappa shape index (κ2) is 6.66. The first-order chi connectivity index (χ1) is 11.1. The van der Waals surface area contributed by atoms with E-state index in [9.17, 15) is 4.79 Å². The minimum absolute atomic E-state index is 0.0816. The molecule has 2 aromatic heterocycles. The van der Waals surface area contributed by atoms with Crippen molar-refractivity contribution >= 4 is 11.2 Å². The maximum Gasteiger partial charge on any atom is 0.274 e. The molecule has 3 aromatic rings. The molecule has 0 bridgehead atoms. The van der Waals surface area contributed by atoms with Crippen LogP contribution < -0.4 is 5.56 Å². The maximum atomic E-state index is 12.8. The van der Waals surface area contributed by atoms with Crippen LogP contribution in [0.15, 0.2) is 47.7 Å². The van der Waals surface area contributed by atoms with E-state index in [1.807, 2.05) is 49.3 Å². The molecule has 0 spiro atoms. The monoisotopic (exact) mass is 309 g/mol. The summed E-state index contributed by atoms with van der Waals surface area (Å²) in [5.74, 6) is 0. The summed E-state index contributed by atoms with van der Waals surface area (Å²) in [6.07, 6.45) is 3.61. The van der Waals surface area contributed by atoms with E-state index < -0.39 is 0 Å². The van der Waals surface area contributed by atoms with E-state index in [0.717, 1.165) is 12.1 Å². The van der Waals surface area contributed by atoms with Crippen LogP contribution in [0.25, 0.3) is 11.2 Å². The van der Waals surface area contributed by atoms with Crippen molar-refractivity contribution in [3.63, 3.8) is 0 Å². The van der Waals surface area contributed by atoms with Crippen LogP contribution >= 0.6 is 0 Å². The number of benzene rings is 1. The van der Waals surface area contributed by atoms with Crippen LogP contribution in [-0.4, -0.2) is 45.1 Å². The summed E-state index contributed by atoms with van der Waals surface area (Å²) < 4.78 is 1.70. The Balaban J connectivity index is 2.08. The number of rotatable bonds is 5. The van der Waals surface area contributed by atoms with Gasteiger partial charge in [-0.2, -0.15) is 0 Å². The molecule has 0 N–H and O–H groups in total. The fraction of sp³-hybridized carbons (Fsp3) is 0.294. The zero-order valence-electron chi connectivity index (χ0n) is 13.3. The summed E-state index contributed by atoms with van der Waals surface area (Å²) in [7, 11) is 3.96. The molecule has 2 heterocycles. The zero-order chi connectivity index (χ0) is 16.2. The van der Waals surface area contributed by atoms with Gasteiger partial charge >= 0.3 is 0 Å². The number of fused-ring (bicyclic) bond motifs is 1. The van der Waals surface area contributed by atoms with Gasteiger partial charge in [-0.1, -0.05) is 30.3 Å². The van der Waals surface area contributed by atoms with Crippen LogP contribution in [0.5, 0.6) is 0 Å². The smallest absolute Gasteiger partial charge is 0.274 e. The first-order valence-electron chi connectivity index (χ1n) is 7.53. The molecule has 0 atom stereocenters. The highest BCUT2D eigenvalue weighted by Gasteiger charge is 2.12. The molecule has 0 saturated heterocycles. The molecule has 6 heteroatoms. The number of likely N-dealkylation sites (N-methyl/N-ethyl adjacent to an activating group) is 1. The Bertz CT molecular complexity index is 858. The second-order valence-corrected chi connectivity index (χ2v) is 5.71. The number of nitrogens with zero attached hydrogens (tertiary/aromatic N) is 5.